The Labute approximate surface area is 250 Å². The molecule has 0 aliphatic carbocycles. The Morgan fingerprint density at radius 2 is 1.67 bits per heavy atom. The summed E-state index contributed by atoms with van der Waals surface area (Å²) in [6.07, 6.45) is 0.251. The summed E-state index contributed by atoms with van der Waals surface area (Å²) >= 11 is 0. The first-order chi connectivity index (χ1) is 20.4. The maximum Gasteiger partial charge on any atom is 0.404 e. The van der Waals surface area contributed by atoms with Gasteiger partial charge >= 0.3 is 6.18 Å². The third kappa shape index (κ3) is 11.3. The van der Waals surface area contributed by atoms with Crippen molar-refractivity contribution in [2.75, 3.05) is 16.8 Å². The first-order valence-corrected chi connectivity index (χ1v) is 15.7. The van der Waals surface area contributed by atoms with Crippen LogP contribution in [0.3, 0.4) is 0 Å². The highest BCUT2D eigenvalue weighted by Gasteiger charge is 2.41. The molecule has 236 valence electrons. The van der Waals surface area contributed by atoms with E-state index in [2.05, 4.69) is 10.9 Å². The molecule has 1 aliphatic rings. The molecule has 2 aromatic carbocycles. The van der Waals surface area contributed by atoms with Crippen LogP contribution >= 0.6 is 0 Å². The third-order valence-electron chi connectivity index (χ3n) is 6.64. The zero-order chi connectivity index (χ0) is 31.5. The number of nitrogens with one attached hydrogen (secondary N) is 2. The number of alkyl halides is 3. The minimum atomic E-state index is -5.09. The van der Waals surface area contributed by atoms with Crippen molar-refractivity contribution < 1.29 is 40.8 Å². The van der Waals surface area contributed by atoms with Gasteiger partial charge in [-0.05, 0) is 49.3 Å². The smallest absolute Gasteiger partial charge is 0.350 e. The molecule has 1 aliphatic heterocycles. The Balaban J connectivity index is 1.92. The average molecular weight is 626 g/mol. The minimum Gasteiger partial charge on any atom is -0.350 e. The lowest BCUT2D eigenvalue weighted by molar-refractivity contribution is -0.203. The Kier molecular flexibility index (Phi) is 12.6. The number of hydroxylamine groups is 1. The van der Waals surface area contributed by atoms with Crippen molar-refractivity contribution in [1.29, 1.82) is 0 Å². The average Bonchev–Trinajstić information content (AvgIpc) is 2.96. The SMILES string of the molecule is CC(C)C[C@@H](C(=O)NN(c1ccccc1)S(=O)(=O)CC(F)(F)F)[C@H](C/C=C/c1ccccc1)C(=O)NOC1CCCCO1. The number of carbonyl (C=O) groups excluding carboxylic acids is 2. The zero-order valence-electron chi connectivity index (χ0n) is 24.1. The van der Waals surface area contributed by atoms with Crippen molar-refractivity contribution in [2.45, 2.75) is 58.4 Å². The van der Waals surface area contributed by atoms with E-state index in [0.29, 0.717) is 13.0 Å². The van der Waals surface area contributed by atoms with Crippen LogP contribution in [0, 0.1) is 17.8 Å². The molecule has 3 atom stereocenters. The van der Waals surface area contributed by atoms with Gasteiger partial charge in [-0.15, -0.1) is 0 Å². The lowest BCUT2D eigenvalue weighted by Crippen LogP contribution is -2.53. The fourth-order valence-electron chi connectivity index (χ4n) is 4.65. The molecule has 1 fully saturated rings. The number of para-hydroxylation sites is 1. The van der Waals surface area contributed by atoms with E-state index in [-0.39, 0.29) is 28.9 Å². The summed E-state index contributed by atoms with van der Waals surface area (Å²) in [5, 5.41) is 0. The molecule has 0 radical (unpaired) electrons. The second-order valence-electron chi connectivity index (χ2n) is 10.7. The number of carbonyl (C=O) groups is 2. The van der Waals surface area contributed by atoms with Gasteiger partial charge in [0.25, 0.3) is 10.0 Å². The molecule has 2 aromatic rings. The molecule has 1 heterocycles. The lowest BCUT2D eigenvalue weighted by Gasteiger charge is -2.31. The largest absolute Gasteiger partial charge is 0.404 e. The van der Waals surface area contributed by atoms with Crippen molar-refractivity contribution >= 4 is 33.6 Å². The lowest BCUT2D eigenvalue weighted by atomic mass is 9.82. The number of ether oxygens (including phenoxy) is 1. The summed E-state index contributed by atoms with van der Waals surface area (Å²) in [5.41, 5.74) is 5.25. The molecule has 13 heteroatoms. The number of allylic oxidation sites excluding steroid dienone is 1. The van der Waals surface area contributed by atoms with Gasteiger partial charge in [0.1, 0.15) is 0 Å². The maximum absolute atomic E-state index is 13.8. The van der Waals surface area contributed by atoms with Crippen LogP contribution in [0.5, 0.6) is 0 Å². The van der Waals surface area contributed by atoms with Crippen LogP contribution in [0.25, 0.3) is 6.08 Å². The van der Waals surface area contributed by atoms with Gasteiger partial charge < -0.3 is 4.74 Å². The number of nitrogens with zero attached hydrogens (tertiary/aromatic N) is 1. The van der Waals surface area contributed by atoms with Crippen molar-refractivity contribution in [1.82, 2.24) is 10.9 Å². The molecule has 1 saturated heterocycles. The molecule has 0 saturated carbocycles. The monoisotopic (exact) mass is 625 g/mol. The number of benzene rings is 2. The number of amides is 2. The van der Waals surface area contributed by atoms with Crippen molar-refractivity contribution in [3.8, 4) is 0 Å². The van der Waals surface area contributed by atoms with Crippen LogP contribution in [-0.2, 0) is 29.2 Å². The molecular formula is C30H38F3N3O6S. The fraction of sp³-hybridized carbons (Fsp3) is 0.467. The molecule has 9 nitrogen and oxygen atoms in total. The number of halogens is 3. The van der Waals surface area contributed by atoms with E-state index >= 15 is 0 Å². The number of hydrazine groups is 1. The van der Waals surface area contributed by atoms with E-state index in [1.807, 2.05) is 44.2 Å². The molecule has 43 heavy (non-hydrogen) atoms. The summed E-state index contributed by atoms with van der Waals surface area (Å²) < 4.78 is 71.3. The van der Waals surface area contributed by atoms with E-state index in [9.17, 15) is 31.2 Å². The first kappa shape index (κ1) is 34.1. The summed E-state index contributed by atoms with van der Waals surface area (Å²) in [5.74, 6) is -6.09. The first-order valence-electron chi connectivity index (χ1n) is 14.1. The molecular weight excluding hydrogens is 587 g/mol. The highest BCUT2D eigenvalue weighted by molar-refractivity contribution is 7.92. The van der Waals surface area contributed by atoms with Gasteiger partial charge in [-0.1, -0.05) is 74.5 Å². The molecule has 2 amide bonds. The minimum absolute atomic E-state index is 0.0566. The standard InChI is InChI=1S/C30H38F3N3O6S/c1-22(2)20-26(28(37)34-36(24-15-7-4-8-16-24)43(39,40)21-30(31,32)33)25(17-11-14-23-12-5-3-6-13-23)29(38)35-42-27-18-9-10-19-41-27/h3-8,11-16,22,25-27H,9-10,17-21H2,1-2H3,(H,34,37)(H,35,38)/b14-11+/t25-,26+,27?/m0/s1. The van der Waals surface area contributed by atoms with Gasteiger partial charge in [-0.3, -0.25) is 15.0 Å². The van der Waals surface area contributed by atoms with E-state index in [1.165, 1.54) is 24.3 Å². The highest BCUT2D eigenvalue weighted by Crippen LogP contribution is 2.28. The quantitative estimate of drug-likeness (QED) is 0.273. The third-order valence-corrected chi connectivity index (χ3v) is 8.19. The van der Waals surface area contributed by atoms with Crippen LogP contribution in [0.4, 0.5) is 18.9 Å². The van der Waals surface area contributed by atoms with Crippen molar-refractivity contribution in [3.63, 3.8) is 0 Å². The van der Waals surface area contributed by atoms with E-state index < -0.39 is 51.9 Å². The van der Waals surface area contributed by atoms with E-state index in [1.54, 1.807) is 18.2 Å². The second-order valence-corrected chi connectivity index (χ2v) is 12.5. The van der Waals surface area contributed by atoms with Crippen LogP contribution < -0.4 is 15.3 Å². The second kappa shape index (κ2) is 15.9. The predicted molar refractivity (Wildman–Crippen MR) is 156 cm³/mol. The Bertz CT molecular complexity index is 1300. The van der Waals surface area contributed by atoms with Crippen LogP contribution in [0.2, 0.25) is 0 Å². The van der Waals surface area contributed by atoms with Crippen LogP contribution in [0.1, 0.15) is 51.5 Å². The number of hydrogen-bond donors (Lipinski definition) is 2. The summed E-state index contributed by atoms with van der Waals surface area (Å²) in [6.45, 7) is 4.11. The molecule has 2 N–H and O–H groups in total. The highest BCUT2D eigenvalue weighted by atomic mass is 32.2. The summed E-state index contributed by atoms with van der Waals surface area (Å²) in [4.78, 5) is 32.8. The van der Waals surface area contributed by atoms with E-state index in [0.717, 1.165) is 18.4 Å². The normalized spacial score (nSPS) is 17.4. The number of anilines is 1. The number of sulfonamides is 1. The van der Waals surface area contributed by atoms with Gasteiger partial charge in [-0.2, -0.15) is 17.6 Å². The van der Waals surface area contributed by atoms with Gasteiger partial charge in [0, 0.05) is 13.0 Å². The van der Waals surface area contributed by atoms with E-state index in [4.69, 9.17) is 9.57 Å². The van der Waals surface area contributed by atoms with Crippen LogP contribution in [-0.4, -0.2) is 45.1 Å². The number of hydrogen-bond acceptors (Lipinski definition) is 6. The molecule has 3 rings (SSSR count). The molecule has 1 unspecified atom stereocenters. The van der Waals surface area contributed by atoms with Gasteiger partial charge in [-0.25, -0.2) is 18.7 Å². The van der Waals surface area contributed by atoms with Gasteiger partial charge in [0.2, 0.25) is 11.8 Å². The Morgan fingerprint density at radius 3 is 2.26 bits per heavy atom. The Morgan fingerprint density at radius 1 is 1.02 bits per heavy atom. The zero-order valence-corrected chi connectivity index (χ0v) is 24.9. The summed E-state index contributed by atoms with van der Waals surface area (Å²) in [7, 11) is -5.09. The maximum atomic E-state index is 13.8. The van der Waals surface area contributed by atoms with Gasteiger partial charge in [0.05, 0.1) is 17.5 Å². The predicted octanol–water partition coefficient (Wildman–Crippen LogP) is 5.37. The fourth-order valence-corrected chi connectivity index (χ4v) is 5.86. The van der Waals surface area contributed by atoms with Crippen LogP contribution in [0.15, 0.2) is 66.7 Å². The van der Waals surface area contributed by atoms with Crippen molar-refractivity contribution in [2.24, 2.45) is 17.8 Å². The molecule has 0 aromatic heterocycles. The number of rotatable bonds is 14. The summed E-state index contributed by atoms with van der Waals surface area (Å²) in [6, 6.07) is 16.2. The van der Waals surface area contributed by atoms with Crippen molar-refractivity contribution in [3.05, 3.63) is 72.3 Å². The molecule has 0 spiro atoms. The molecule has 0 bridgehead atoms. The van der Waals surface area contributed by atoms with Gasteiger partial charge in [0.15, 0.2) is 12.0 Å². The Hall–Kier alpha value is -3.42. The topological polar surface area (TPSA) is 114 Å².